The van der Waals surface area contributed by atoms with Gasteiger partial charge < -0.3 is 24.0 Å². The van der Waals surface area contributed by atoms with Crippen molar-refractivity contribution in [3.63, 3.8) is 0 Å². The van der Waals surface area contributed by atoms with Crippen molar-refractivity contribution in [2.75, 3.05) is 26.8 Å². The van der Waals surface area contributed by atoms with Crippen LogP contribution >= 0.6 is 11.3 Å². The van der Waals surface area contributed by atoms with Gasteiger partial charge in [0.15, 0.2) is 0 Å². The zero-order chi connectivity index (χ0) is 29.9. The Labute approximate surface area is 251 Å². The number of hydrogen-bond acceptors (Lipinski definition) is 7. The van der Waals surface area contributed by atoms with E-state index in [1.165, 1.54) is 29.6 Å². The summed E-state index contributed by atoms with van der Waals surface area (Å²) in [6, 6.07) is 18.1. The van der Waals surface area contributed by atoms with Gasteiger partial charge in [0.25, 0.3) is 0 Å². The Kier molecular flexibility index (Phi) is 8.87. The fraction of sp³-hybridized carbons (Fsp3) is 0.424. The summed E-state index contributed by atoms with van der Waals surface area (Å²) in [6.45, 7) is 7.13. The average molecular weight is 591 g/mol. The number of rotatable bonds is 6. The highest BCUT2D eigenvalue weighted by Crippen LogP contribution is 2.44. The minimum absolute atomic E-state index is 0.0485. The van der Waals surface area contributed by atoms with Crippen LogP contribution in [0.2, 0.25) is 0 Å². The standard InChI is InChI=1S/C33H38N2O6S/c1-33(2,3)41-31(37)34-16-9-10-23(15-17-34)35(19-24-18-22(21-42-24)30(36)39-4)32(38)40-20-29-27-13-7-5-11-25(27)26-12-6-8-14-28(26)29/h5-8,11-14,18,21,23,29H,9-10,15-17,19-20H2,1-4H3. The van der Waals surface area contributed by atoms with Crippen LogP contribution in [0.1, 0.15) is 72.3 Å². The minimum Gasteiger partial charge on any atom is -0.465 e. The van der Waals surface area contributed by atoms with E-state index < -0.39 is 17.7 Å². The Hall–Kier alpha value is -3.85. The van der Waals surface area contributed by atoms with Crippen LogP contribution in [0.25, 0.3) is 11.1 Å². The Bertz CT molecular complexity index is 1400. The Morgan fingerprint density at radius 3 is 2.29 bits per heavy atom. The van der Waals surface area contributed by atoms with Crippen molar-refractivity contribution in [3.05, 3.63) is 81.5 Å². The molecule has 2 heterocycles. The summed E-state index contributed by atoms with van der Waals surface area (Å²) >= 11 is 1.41. The zero-order valence-electron chi connectivity index (χ0n) is 24.6. The van der Waals surface area contributed by atoms with Crippen molar-refractivity contribution in [1.82, 2.24) is 9.80 Å². The van der Waals surface area contributed by atoms with E-state index in [1.807, 2.05) is 45.0 Å². The molecule has 1 aliphatic heterocycles. The van der Waals surface area contributed by atoms with Crippen molar-refractivity contribution in [3.8, 4) is 11.1 Å². The third-order valence-electron chi connectivity index (χ3n) is 7.76. The summed E-state index contributed by atoms with van der Waals surface area (Å²) < 4.78 is 16.5. The van der Waals surface area contributed by atoms with Crippen LogP contribution in [0.4, 0.5) is 9.59 Å². The fourth-order valence-corrected chi connectivity index (χ4v) is 6.63. The Morgan fingerprint density at radius 2 is 1.64 bits per heavy atom. The van der Waals surface area contributed by atoms with Crippen LogP contribution in [-0.2, 0) is 20.8 Å². The first-order chi connectivity index (χ1) is 20.1. The molecule has 5 rings (SSSR count). The maximum atomic E-state index is 13.9. The van der Waals surface area contributed by atoms with E-state index in [1.54, 1.807) is 21.2 Å². The highest BCUT2D eigenvalue weighted by Gasteiger charge is 2.33. The highest BCUT2D eigenvalue weighted by atomic mass is 32.1. The van der Waals surface area contributed by atoms with E-state index in [2.05, 4.69) is 24.3 Å². The van der Waals surface area contributed by atoms with Gasteiger partial charge in [0, 0.05) is 35.3 Å². The molecule has 8 nitrogen and oxygen atoms in total. The number of thiophene rings is 1. The first-order valence-electron chi connectivity index (χ1n) is 14.4. The van der Waals surface area contributed by atoms with Crippen molar-refractivity contribution >= 4 is 29.5 Å². The average Bonchev–Trinajstić information content (AvgIpc) is 3.47. The molecule has 2 aromatic carbocycles. The van der Waals surface area contributed by atoms with Gasteiger partial charge in [-0.05, 0) is 68.4 Å². The largest absolute Gasteiger partial charge is 0.465 e. The van der Waals surface area contributed by atoms with Crippen molar-refractivity contribution < 1.29 is 28.6 Å². The Balaban J connectivity index is 1.34. The molecule has 1 aliphatic carbocycles. The van der Waals surface area contributed by atoms with Crippen molar-refractivity contribution in [1.29, 1.82) is 0 Å². The topological polar surface area (TPSA) is 85.4 Å². The van der Waals surface area contributed by atoms with E-state index >= 15 is 0 Å². The molecule has 0 bridgehead atoms. The van der Waals surface area contributed by atoms with E-state index in [0.29, 0.717) is 31.6 Å². The molecule has 1 aromatic heterocycles. The molecule has 0 N–H and O–H groups in total. The molecule has 2 amide bonds. The number of benzene rings is 2. The maximum Gasteiger partial charge on any atom is 0.410 e. The molecule has 222 valence electrons. The highest BCUT2D eigenvalue weighted by molar-refractivity contribution is 7.10. The van der Waals surface area contributed by atoms with Crippen LogP contribution in [0.15, 0.2) is 60.0 Å². The summed E-state index contributed by atoms with van der Waals surface area (Å²) in [6.07, 6.45) is 1.31. The predicted molar refractivity (Wildman–Crippen MR) is 162 cm³/mol. The quantitative estimate of drug-likeness (QED) is 0.225. The Morgan fingerprint density at radius 1 is 0.976 bits per heavy atom. The fourth-order valence-electron chi connectivity index (χ4n) is 5.78. The summed E-state index contributed by atoms with van der Waals surface area (Å²) in [4.78, 5) is 43.0. The van der Waals surface area contributed by atoms with E-state index in [-0.39, 0.29) is 24.7 Å². The summed E-state index contributed by atoms with van der Waals surface area (Å²) in [7, 11) is 1.35. The number of hydrogen-bond donors (Lipinski definition) is 0. The van der Waals surface area contributed by atoms with Crippen LogP contribution in [0.5, 0.6) is 0 Å². The number of ether oxygens (including phenoxy) is 3. The number of esters is 1. The number of fused-ring (bicyclic) bond motifs is 3. The lowest BCUT2D eigenvalue weighted by atomic mass is 9.98. The molecule has 42 heavy (non-hydrogen) atoms. The van der Waals surface area contributed by atoms with E-state index in [0.717, 1.165) is 28.8 Å². The number of methoxy groups -OCH3 is 1. The third kappa shape index (κ3) is 6.62. The molecule has 1 unspecified atom stereocenters. The monoisotopic (exact) mass is 590 g/mol. The summed E-state index contributed by atoms with van der Waals surface area (Å²) in [5, 5.41) is 1.74. The van der Waals surface area contributed by atoms with Crippen LogP contribution in [0.3, 0.4) is 0 Å². The maximum absolute atomic E-state index is 13.9. The number of likely N-dealkylation sites (tertiary alicyclic amines) is 1. The van der Waals surface area contributed by atoms with Gasteiger partial charge in [0.05, 0.1) is 19.2 Å². The van der Waals surface area contributed by atoms with Gasteiger partial charge in [-0.25, -0.2) is 14.4 Å². The van der Waals surface area contributed by atoms with Crippen LogP contribution in [0, 0.1) is 0 Å². The molecule has 1 atom stereocenters. The van der Waals surface area contributed by atoms with Crippen molar-refractivity contribution in [2.24, 2.45) is 0 Å². The molecular weight excluding hydrogens is 552 g/mol. The molecule has 0 spiro atoms. The smallest absolute Gasteiger partial charge is 0.410 e. The summed E-state index contributed by atoms with van der Waals surface area (Å²) in [5.41, 5.74) is 4.54. The van der Waals surface area contributed by atoms with Crippen molar-refractivity contribution in [2.45, 2.75) is 64.1 Å². The van der Waals surface area contributed by atoms with Crippen LogP contribution < -0.4 is 0 Å². The van der Waals surface area contributed by atoms with Crippen LogP contribution in [-0.4, -0.2) is 66.4 Å². The predicted octanol–water partition coefficient (Wildman–Crippen LogP) is 7.08. The van der Waals surface area contributed by atoms with E-state index in [9.17, 15) is 14.4 Å². The second kappa shape index (κ2) is 12.6. The van der Waals surface area contributed by atoms with E-state index in [4.69, 9.17) is 14.2 Å². The molecule has 0 saturated carbocycles. The third-order valence-corrected chi connectivity index (χ3v) is 8.68. The number of carbonyl (C=O) groups is 3. The normalized spacial score (nSPS) is 16.7. The first-order valence-corrected chi connectivity index (χ1v) is 15.3. The number of amides is 2. The second-order valence-corrected chi connectivity index (χ2v) is 12.8. The molecule has 1 fully saturated rings. The van der Waals surface area contributed by atoms with Gasteiger partial charge in [0.2, 0.25) is 0 Å². The molecule has 3 aromatic rings. The minimum atomic E-state index is -0.577. The van der Waals surface area contributed by atoms with Gasteiger partial charge >= 0.3 is 18.2 Å². The van der Waals surface area contributed by atoms with Gasteiger partial charge in [-0.3, -0.25) is 0 Å². The lowest BCUT2D eigenvalue weighted by molar-refractivity contribution is 0.0252. The SMILES string of the molecule is COC(=O)c1csc(CN(C(=O)OCC2c3ccccc3-c3ccccc32)C2CCCN(C(=O)OC(C)(C)C)CC2)c1. The molecule has 9 heteroatoms. The number of nitrogens with zero attached hydrogens (tertiary/aromatic N) is 2. The van der Waals surface area contributed by atoms with Gasteiger partial charge in [-0.2, -0.15) is 0 Å². The molecule has 2 aliphatic rings. The second-order valence-electron chi connectivity index (χ2n) is 11.8. The lowest BCUT2D eigenvalue weighted by Crippen LogP contribution is -2.42. The molecular formula is C33H38N2O6S. The first kappa shape index (κ1) is 29.6. The lowest BCUT2D eigenvalue weighted by Gasteiger charge is -2.31. The molecule has 0 radical (unpaired) electrons. The van der Waals surface area contributed by atoms with Gasteiger partial charge in [-0.1, -0.05) is 48.5 Å². The zero-order valence-corrected chi connectivity index (χ0v) is 25.4. The summed E-state index contributed by atoms with van der Waals surface area (Å²) in [5.74, 6) is -0.458. The van der Waals surface area contributed by atoms with Gasteiger partial charge in [-0.15, -0.1) is 11.3 Å². The van der Waals surface area contributed by atoms with Gasteiger partial charge in [0.1, 0.15) is 12.2 Å². The number of carbonyl (C=O) groups excluding carboxylic acids is 3. The molecule has 1 saturated heterocycles.